The minimum Gasteiger partial charge on any atom is -0.207 e. The third-order valence-corrected chi connectivity index (χ3v) is 11.8. The van der Waals surface area contributed by atoms with Crippen LogP contribution in [0.5, 0.6) is 0 Å². The van der Waals surface area contributed by atoms with Crippen molar-refractivity contribution >= 4 is 8.80 Å². The molecule has 1 saturated carbocycles. The number of rotatable bonds is 7. The van der Waals surface area contributed by atoms with E-state index >= 15 is 0 Å². The van der Waals surface area contributed by atoms with Gasteiger partial charge in [-0.15, -0.1) is 0 Å². The van der Waals surface area contributed by atoms with E-state index in [0.29, 0.717) is 0 Å². The molecule has 0 spiro atoms. The Labute approximate surface area is 184 Å². The van der Waals surface area contributed by atoms with Gasteiger partial charge in [-0.2, -0.15) is 0 Å². The average molecular weight is 423 g/mol. The molecular formula is C28H39FSi. The second-order valence-corrected chi connectivity index (χ2v) is 13.6. The normalized spacial score (nSPS) is 27.1. The van der Waals surface area contributed by atoms with Crippen LogP contribution in [0.3, 0.4) is 0 Å². The monoisotopic (exact) mass is 422 g/mol. The van der Waals surface area contributed by atoms with Gasteiger partial charge in [-0.05, 0) is 72.3 Å². The highest BCUT2D eigenvalue weighted by Crippen LogP contribution is 2.41. The fourth-order valence-corrected chi connectivity index (χ4v) is 9.66. The zero-order chi connectivity index (χ0) is 20.8. The highest BCUT2D eigenvalue weighted by molar-refractivity contribution is 6.58. The molecule has 2 aromatic carbocycles. The molecule has 2 fully saturated rings. The molecule has 162 valence electrons. The third kappa shape index (κ3) is 5.84. The maximum atomic E-state index is 13.1. The summed E-state index contributed by atoms with van der Waals surface area (Å²) in [7, 11) is -0.320. The lowest BCUT2D eigenvalue weighted by Crippen LogP contribution is -2.28. The van der Waals surface area contributed by atoms with Crippen LogP contribution in [0.2, 0.25) is 18.1 Å². The standard InChI is InChI=1S/C28H39FSi/c1-2-19-30-20-17-27(18-21-30)25-11-7-23(8-12-25)4-3-22-5-9-24(10-6-22)26-13-15-28(29)16-14-26/h5-6,9-10,13-16,23,25,27,30H,2-4,7-8,11-12,17-21H2,1H3/t23-,25-,27-,30-. The van der Waals surface area contributed by atoms with E-state index < -0.39 is 0 Å². The van der Waals surface area contributed by atoms with Crippen LogP contribution >= 0.6 is 0 Å². The lowest BCUT2D eigenvalue weighted by atomic mass is 9.73. The number of halogens is 1. The van der Waals surface area contributed by atoms with Crippen molar-refractivity contribution in [2.45, 2.75) is 82.8 Å². The molecule has 0 N–H and O–H groups in total. The number of hydrogen-bond donors (Lipinski definition) is 0. The van der Waals surface area contributed by atoms with Gasteiger partial charge >= 0.3 is 0 Å². The molecule has 0 atom stereocenters. The highest BCUT2D eigenvalue weighted by Gasteiger charge is 2.30. The molecule has 0 nitrogen and oxygen atoms in total. The molecule has 0 unspecified atom stereocenters. The minimum atomic E-state index is -0.320. The number of aryl methyl sites for hydroxylation is 1. The molecule has 2 aliphatic rings. The molecule has 0 bridgehead atoms. The van der Waals surface area contributed by atoms with Crippen LogP contribution in [-0.2, 0) is 6.42 Å². The van der Waals surface area contributed by atoms with Gasteiger partial charge in [0.25, 0.3) is 0 Å². The zero-order valence-corrected chi connectivity index (χ0v) is 19.9. The summed E-state index contributed by atoms with van der Waals surface area (Å²) in [5.74, 6) is 2.89. The van der Waals surface area contributed by atoms with Gasteiger partial charge in [0, 0.05) is 8.80 Å². The van der Waals surface area contributed by atoms with Crippen LogP contribution in [0, 0.1) is 23.6 Å². The van der Waals surface area contributed by atoms with E-state index in [1.165, 1.54) is 56.1 Å². The Morgan fingerprint density at radius 2 is 1.33 bits per heavy atom. The molecule has 4 rings (SSSR count). The van der Waals surface area contributed by atoms with Gasteiger partial charge in [0.1, 0.15) is 5.82 Å². The van der Waals surface area contributed by atoms with Crippen molar-refractivity contribution in [1.82, 2.24) is 0 Å². The van der Waals surface area contributed by atoms with Crippen LogP contribution in [0.15, 0.2) is 48.5 Å². The predicted molar refractivity (Wildman–Crippen MR) is 130 cm³/mol. The van der Waals surface area contributed by atoms with Gasteiger partial charge in [-0.3, -0.25) is 0 Å². The molecule has 0 aromatic heterocycles. The first kappa shape index (κ1) is 21.8. The molecule has 0 amide bonds. The van der Waals surface area contributed by atoms with E-state index in [9.17, 15) is 4.39 Å². The molecule has 0 radical (unpaired) electrons. The first-order valence-corrected chi connectivity index (χ1v) is 15.0. The van der Waals surface area contributed by atoms with E-state index in [-0.39, 0.29) is 14.6 Å². The Morgan fingerprint density at radius 3 is 1.93 bits per heavy atom. The van der Waals surface area contributed by atoms with E-state index in [1.54, 1.807) is 43.1 Å². The second kappa shape index (κ2) is 10.8. The topological polar surface area (TPSA) is 0 Å². The van der Waals surface area contributed by atoms with Crippen LogP contribution in [-0.4, -0.2) is 8.80 Å². The number of benzene rings is 2. The lowest BCUT2D eigenvalue weighted by molar-refractivity contribution is 0.186. The van der Waals surface area contributed by atoms with Gasteiger partial charge in [-0.25, -0.2) is 4.39 Å². The van der Waals surface area contributed by atoms with Crippen molar-refractivity contribution in [2.24, 2.45) is 17.8 Å². The van der Waals surface area contributed by atoms with Crippen molar-refractivity contribution in [3.63, 3.8) is 0 Å². The first-order valence-electron chi connectivity index (χ1n) is 12.6. The van der Waals surface area contributed by atoms with Crippen LogP contribution in [0.25, 0.3) is 11.1 Å². The molecular weight excluding hydrogens is 383 g/mol. The Kier molecular flexibility index (Phi) is 7.81. The molecule has 1 aliphatic carbocycles. The van der Waals surface area contributed by atoms with Gasteiger partial charge in [-0.1, -0.05) is 93.6 Å². The number of hydrogen-bond acceptors (Lipinski definition) is 0. The summed E-state index contributed by atoms with van der Waals surface area (Å²) in [6.45, 7) is 2.38. The fourth-order valence-electron chi connectivity index (χ4n) is 6.18. The van der Waals surface area contributed by atoms with Gasteiger partial charge in [0.15, 0.2) is 0 Å². The summed E-state index contributed by atoms with van der Waals surface area (Å²) in [5, 5.41) is 0. The van der Waals surface area contributed by atoms with E-state index in [1.807, 2.05) is 12.1 Å². The lowest BCUT2D eigenvalue weighted by Gasteiger charge is -2.37. The maximum absolute atomic E-state index is 13.1. The van der Waals surface area contributed by atoms with Gasteiger partial charge < -0.3 is 0 Å². The maximum Gasteiger partial charge on any atom is 0.123 e. The smallest absolute Gasteiger partial charge is 0.123 e. The van der Waals surface area contributed by atoms with E-state index in [2.05, 4.69) is 31.2 Å². The van der Waals surface area contributed by atoms with E-state index in [0.717, 1.165) is 23.3 Å². The average Bonchev–Trinajstić information content (AvgIpc) is 2.80. The van der Waals surface area contributed by atoms with Crippen molar-refractivity contribution < 1.29 is 4.39 Å². The summed E-state index contributed by atoms with van der Waals surface area (Å²) in [6, 6.07) is 20.6. The van der Waals surface area contributed by atoms with Crippen molar-refractivity contribution in [3.8, 4) is 11.1 Å². The summed E-state index contributed by atoms with van der Waals surface area (Å²) in [5.41, 5.74) is 3.71. The van der Waals surface area contributed by atoms with Crippen LogP contribution in [0.4, 0.5) is 4.39 Å². The zero-order valence-electron chi connectivity index (χ0n) is 18.8. The largest absolute Gasteiger partial charge is 0.207 e. The molecule has 1 aliphatic heterocycles. The van der Waals surface area contributed by atoms with Crippen molar-refractivity contribution in [1.29, 1.82) is 0 Å². The fraction of sp³-hybridized carbons (Fsp3) is 0.571. The first-order chi connectivity index (χ1) is 14.7. The van der Waals surface area contributed by atoms with E-state index in [4.69, 9.17) is 0 Å². The molecule has 1 saturated heterocycles. The minimum absolute atomic E-state index is 0.170. The Balaban J connectivity index is 1.19. The third-order valence-electron chi connectivity index (χ3n) is 8.12. The van der Waals surface area contributed by atoms with Crippen molar-refractivity contribution in [3.05, 3.63) is 59.9 Å². The predicted octanol–water partition coefficient (Wildman–Crippen LogP) is 8.28. The summed E-state index contributed by atoms with van der Waals surface area (Å²) in [6.07, 6.45) is 13.1. The summed E-state index contributed by atoms with van der Waals surface area (Å²) < 4.78 is 13.1. The summed E-state index contributed by atoms with van der Waals surface area (Å²) >= 11 is 0. The molecule has 1 heterocycles. The van der Waals surface area contributed by atoms with Crippen LogP contribution in [0.1, 0.15) is 63.9 Å². The summed E-state index contributed by atoms with van der Waals surface area (Å²) in [4.78, 5) is 0. The van der Waals surface area contributed by atoms with Gasteiger partial charge in [0.2, 0.25) is 0 Å². The Morgan fingerprint density at radius 1 is 0.767 bits per heavy atom. The second-order valence-electron chi connectivity index (χ2n) is 10.1. The molecule has 2 aromatic rings. The SMILES string of the molecule is CCC[Si@H]1CC[C@H]([C@H]2CC[C@H](CCc3ccc(-c4ccc(F)cc4)cc3)CC2)CC1. The molecule has 30 heavy (non-hydrogen) atoms. The molecule has 2 heteroatoms. The quantitative estimate of drug-likeness (QED) is 0.394. The van der Waals surface area contributed by atoms with Gasteiger partial charge in [0.05, 0.1) is 0 Å². The Bertz CT molecular complexity index is 750. The van der Waals surface area contributed by atoms with Crippen molar-refractivity contribution in [2.75, 3.05) is 0 Å². The van der Waals surface area contributed by atoms with Crippen LogP contribution < -0.4 is 0 Å². The highest BCUT2D eigenvalue weighted by atomic mass is 28.3. The Hall–Kier alpha value is -1.41.